The predicted molar refractivity (Wildman–Crippen MR) is 136 cm³/mol. The number of ether oxygens (including phenoxy) is 1. The monoisotopic (exact) mass is 467 g/mol. The molecule has 3 aromatic carbocycles. The molecule has 0 aliphatic heterocycles. The van der Waals surface area contributed by atoms with Crippen LogP contribution in [-0.4, -0.2) is 42.8 Å². The first kappa shape index (κ1) is 26.7. The summed E-state index contributed by atoms with van der Waals surface area (Å²) < 4.78 is 5.95. The highest BCUT2D eigenvalue weighted by molar-refractivity contribution is 5.99. The van der Waals surface area contributed by atoms with E-state index in [1.807, 2.05) is 54.6 Å². The third-order valence-corrected chi connectivity index (χ3v) is 5.65. The predicted octanol–water partition coefficient (Wildman–Crippen LogP) is 4.98. The molecule has 0 amide bonds. The Morgan fingerprint density at radius 3 is 2.18 bits per heavy atom. The fraction of sp³-hybridized carbons (Fsp3) is 0.321. The lowest BCUT2D eigenvalue weighted by molar-refractivity contribution is -0.00170. The molecule has 3 aromatic rings. The van der Waals surface area contributed by atoms with Gasteiger partial charge < -0.3 is 15.2 Å². The third kappa shape index (κ3) is 8.41. The lowest BCUT2D eigenvalue weighted by Crippen LogP contribution is -2.36. The number of Topliss-reactive ketones (excluding diaryl/α,β-unsaturated/α-hetero) is 1. The van der Waals surface area contributed by atoms with Crippen molar-refractivity contribution in [2.75, 3.05) is 19.7 Å². The summed E-state index contributed by atoms with van der Waals surface area (Å²) in [6.07, 6.45) is -0.861. The van der Waals surface area contributed by atoms with E-state index in [1.165, 1.54) is 11.1 Å². The van der Waals surface area contributed by atoms with Crippen LogP contribution >= 0.6 is 12.4 Å². The van der Waals surface area contributed by atoms with Gasteiger partial charge in [-0.05, 0) is 29.5 Å². The third-order valence-electron chi connectivity index (χ3n) is 5.65. The lowest BCUT2D eigenvalue weighted by Gasteiger charge is -2.21. The van der Waals surface area contributed by atoms with Gasteiger partial charge in [-0.2, -0.15) is 0 Å². The molecule has 0 aliphatic rings. The van der Waals surface area contributed by atoms with Crippen LogP contribution in [0.15, 0.2) is 84.9 Å². The van der Waals surface area contributed by atoms with Crippen molar-refractivity contribution in [2.45, 2.75) is 38.4 Å². The number of aryl methyl sites for hydroxylation is 1. The molecule has 4 nitrogen and oxygen atoms in total. The number of carbonyl (C=O) groups is 1. The van der Waals surface area contributed by atoms with Gasteiger partial charge in [0.25, 0.3) is 0 Å². The molecule has 0 spiro atoms. The largest absolute Gasteiger partial charge is 0.389 e. The van der Waals surface area contributed by atoms with Crippen LogP contribution in [0.2, 0.25) is 0 Å². The molecule has 3 atom stereocenters. The summed E-state index contributed by atoms with van der Waals surface area (Å²) in [5.74, 6) is 0.276. The molecule has 0 fully saturated rings. The van der Waals surface area contributed by atoms with Crippen LogP contribution in [0.25, 0.3) is 0 Å². The van der Waals surface area contributed by atoms with Crippen LogP contribution in [0.3, 0.4) is 0 Å². The van der Waals surface area contributed by atoms with Crippen LogP contribution in [0.5, 0.6) is 0 Å². The average Bonchev–Trinajstić information content (AvgIpc) is 2.82. The lowest BCUT2D eigenvalue weighted by atomic mass is 9.96. The molecule has 0 saturated heterocycles. The second-order valence-electron chi connectivity index (χ2n) is 8.31. The van der Waals surface area contributed by atoms with Crippen LogP contribution in [0.4, 0.5) is 0 Å². The van der Waals surface area contributed by atoms with Crippen molar-refractivity contribution in [1.29, 1.82) is 0 Å². The number of hydrogen-bond donors (Lipinski definition) is 2. The summed E-state index contributed by atoms with van der Waals surface area (Å²) in [5, 5.41) is 13.8. The molecule has 0 aliphatic carbocycles. The highest BCUT2D eigenvalue weighted by Gasteiger charge is 2.22. The fourth-order valence-electron chi connectivity index (χ4n) is 3.85. The van der Waals surface area contributed by atoms with Gasteiger partial charge >= 0.3 is 0 Å². The molecule has 0 heterocycles. The minimum Gasteiger partial charge on any atom is -0.389 e. The van der Waals surface area contributed by atoms with Gasteiger partial charge in [0.15, 0.2) is 5.78 Å². The summed E-state index contributed by atoms with van der Waals surface area (Å²) in [6, 6.07) is 27.4. The van der Waals surface area contributed by atoms with Crippen LogP contribution in [0.1, 0.15) is 39.9 Å². The highest BCUT2D eigenvalue weighted by Crippen LogP contribution is 2.18. The molecular formula is C28H34ClNO3. The number of carbonyl (C=O) groups excluding carboxylic acids is 1. The Morgan fingerprint density at radius 2 is 1.52 bits per heavy atom. The molecule has 2 N–H and O–H groups in total. The second kappa shape index (κ2) is 13.9. The molecule has 0 bridgehead atoms. The van der Waals surface area contributed by atoms with E-state index >= 15 is 0 Å². The zero-order valence-electron chi connectivity index (χ0n) is 19.3. The number of aliphatic hydroxyl groups excluding tert-OH is 1. The van der Waals surface area contributed by atoms with Gasteiger partial charge in [0.05, 0.1) is 12.7 Å². The Hall–Kier alpha value is -2.50. The number of aliphatic hydroxyl groups is 1. The van der Waals surface area contributed by atoms with E-state index in [4.69, 9.17) is 4.74 Å². The van der Waals surface area contributed by atoms with Crippen LogP contribution < -0.4 is 5.32 Å². The molecular weight excluding hydrogens is 434 g/mol. The minimum atomic E-state index is -0.694. The first-order valence-corrected chi connectivity index (χ1v) is 11.2. The first-order valence-electron chi connectivity index (χ1n) is 11.2. The van der Waals surface area contributed by atoms with Gasteiger partial charge in [-0.3, -0.25) is 4.79 Å². The Balaban J connectivity index is 0.00000385. The molecule has 0 aromatic heterocycles. The molecule has 3 rings (SSSR count). The normalized spacial score (nSPS) is 13.5. The summed E-state index contributed by atoms with van der Waals surface area (Å²) >= 11 is 0. The number of halogens is 1. The van der Waals surface area contributed by atoms with Crippen molar-refractivity contribution in [3.8, 4) is 0 Å². The smallest absolute Gasteiger partial charge is 0.191 e. The Bertz CT molecular complexity index is 965. The Labute approximate surface area is 203 Å². The quantitative estimate of drug-likeness (QED) is 0.369. The SMILES string of the molecule is Cc1ccccc1C(C)CNCC(O)COC(Cc1ccccc1)C(=O)c1ccccc1.Cl. The maximum absolute atomic E-state index is 13.0. The molecule has 0 saturated carbocycles. The first-order chi connectivity index (χ1) is 15.5. The molecule has 33 heavy (non-hydrogen) atoms. The van der Waals surface area contributed by atoms with Crippen molar-refractivity contribution in [1.82, 2.24) is 5.32 Å². The van der Waals surface area contributed by atoms with Crippen molar-refractivity contribution < 1.29 is 14.6 Å². The number of rotatable bonds is 12. The molecule has 5 heteroatoms. The van der Waals surface area contributed by atoms with E-state index in [-0.39, 0.29) is 24.8 Å². The van der Waals surface area contributed by atoms with Gasteiger partial charge in [0.2, 0.25) is 0 Å². The van der Waals surface area contributed by atoms with Gasteiger partial charge in [-0.15, -0.1) is 12.4 Å². The summed E-state index contributed by atoms with van der Waals surface area (Å²) in [7, 11) is 0. The minimum absolute atomic E-state index is 0. The number of ketones is 1. The van der Waals surface area contributed by atoms with Crippen molar-refractivity contribution >= 4 is 18.2 Å². The number of nitrogens with one attached hydrogen (secondary N) is 1. The zero-order chi connectivity index (χ0) is 22.8. The van der Waals surface area contributed by atoms with Crippen LogP contribution in [0, 0.1) is 6.92 Å². The average molecular weight is 468 g/mol. The van der Waals surface area contributed by atoms with E-state index in [0.717, 1.165) is 12.1 Å². The molecule has 176 valence electrons. The van der Waals surface area contributed by atoms with Gasteiger partial charge in [0.1, 0.15) is 6.10 Å². The second-order valence-corrected chi connectivity index (χ2v) is 8.31. The fourth-order valence-corrected chi connectivity index (χ4v) is 3.85. The van der Waals surface area contributed by atoms with E-state index in [1.54, 1.807) is 12.1 Å². The van der Waals surface area contributed by atoms with E-state index in [9.17, 15) is 9.90 Å². The molecule has 0 radical (unpaired) electrons. The van der Waals surface area contributed by atoms with E-state index < -0.39 is 12.2 Å². The zero-order valence-corrected chi connectivity index (χ0v) is 20.1. The number of benzene rings is 3. The van der Waals surface area contributed by atoms with Crippen molar-refractivity contribution in [2.24, 2.45) is 0 Å². The topological polar surface area (TPSA) is 58.6 Å². The molecule has 3 unspecified atom stereocenters. The van der Waals surface area contributed by atoms with E-state index in [2.05, 4.69) is 37.4 Å². The van der Waals surface area contributed by atoms with E-state index in [0.29, 0.717) is 24.4 Å². The van der Waals surface area contributed by atoms with Gasteiger partial charge in [0, 0.05) is 25.1 Å². The summed E-state index contributed by atoms with van der Waals surface area (Å²) in [6.45, 7) is 5.56. The van der Waals surface area contributed by atoms with Gasteiger partial charge in [-0.1, -0.05) is 91.9 Å². The summed E-state index contributed by atoms with van der Waals surface area (Å²) in [5.41, 5.74) is 4.23. The van der Waals surface area contributed by atoms with Crippen molar-refractivity contribution in [3.63, 3.8) is 0 Å². The van der Waals surface area contributed by atoms with Crippen molar-refractivity contribution in [3.05, 3.63) is 107 Å². The highest BCUT2D eigenvalue weighted by atomic mass is 35.5. The number of hydrogen-bond acceptors (Lipinski definition) is 4. The maximum atomic E-state index is 13.0. The Morgan fingerprint density at radius 1 is 0.909 bits per heavy atom. The maximum Gasteiger partial charge on any atom is 0.191 e. The summed E-state index contributed by atoms with van der Waals surface area (Å²) in [4.78, 5) is 13.0. The Kier molecular flexibility index (Phi) is 11.3. The van der Waals surface area contributed by atoms with Crippen LogP contribution in [-0.2, 0) is 11.2 Å². The standard InChI is InChI=1S/C28H33NO3.ClH/c1-21-11-9-10-16-26(21)22(2)18-29-19-25(30)20-32-27(17-23-12-5-3-6-13-23)28(31)24-14-7-4-8-15-24;/h3-16,22,25,27,29-30H,17-20H2,1-2H3;1H. The van der Waals surface area contributed by atoms with Gasteiger partial charge in [-0.25, -0.2) is 0 Å².